The maximum absolute atomic E-state index is 2.66. The number of aryl methyl sites for hydroxylation is 1. The summed E-state index contributed by atoms with van der Waals surface area (Å²) in [6.07, 6.45) is 1.12. The van der Waals surface area contributed by atoms with E-state index in [0.29, 0.717) is 18.1 Å². The minimum atomic E-state index is 0.519. The summed E-state index contributed by atoms with van der Waals surface area (Å²) in [4.78, 5) is 5.25. The summed E-state index contributed by atoms with van der Waals surface area (Å²) < 4.78 is 0. The van der Waals surface area contributed by atoms with E-state index in [0.717, 1.165) is 6.42 Å². The van der Waals surface area contributed by atoms with Crippen molar-refractivity contribution in [3.05, 3.63) is 35.4 Å². The molecule has 0 aromatic heterocycles. The standard InChI is InChI=1S/C18H30N2/c1-6-17-8-7-9-18(12-17)16(5)20-11-10-19(14(2)3)13-15(20)4/h7-9,12,14-16H,6,10-11,13H2,1-5H3/t15-,16+/m1/s1. The fraction of sp³-hybridized carbons (Fsp3) is 0.667. The van der Waals surface area contributed by atoms with Crippen molar-refractivity contribution in [3.63, 3.8) is 0 Å². The molecule has 0 saturated carbocycles. The number of rotatable bonds is 4. The van der Waals surface area contributed by atoms with Crippen molar-refractivity contribution in [3.8, 4) is 0 Å². The number of piperazine rings is 1. The van der Waals surface area contributed by atoms with E-state index in [1.165, 1.54) is 30.8 Å². The van der Waals surface area contributed by atoms with Gasteiger partial charge in [0.15, 0.2) is 0 Å². The van der Waals surface area contributed by atoms with E-state index in [1.807, 2.05) is 0 Å². The SMILES string of the molecule is CCc1cccc([C@H](C)N2CCN(C(C)C)C[C@H]2C)c1. The molecule has 1 aliphatic heterocycles. The van der Waals surface area contributed by atoms with E-state index < -0.39 is 0 Å². The van der Waals surface area contributed by atoms with Gasteiger partial charge < -0.3 is 0 Å². The first-order valence-electron chi connectivity index (χ1n) is 8.11. The molecule has 0 spiro atoms. The first kappa shape index (κ1) is 15.5. The van der Waals surface area contributed by atoms with Crippen LogP contribution in [-0.2, 0) is 6.42 Å². The van der Waals surface area contributed by atoms with Crippen molar-refractivity contribution in [2.45, 2.75) is 59.2 Å². The van der Waals surface area contributed by atoms with Gasteiger partial charge in [-0.05, 0) is 45.2 Å². The van der Waals surface area contributed by atoms with Gasteiger partial charge in [-0.2, -0.15) is 0 Å². The fourth-order valence-electron chi connectivity index (χ4n) is 3.31. The molecule has 1 aliphatic rings. The third-order valence-corrected chi connectivity index (χ3v) is 4.78. The Morgan fingerprint density at radius 3 is 2.55 bits per heavy atom. The number of nitrogens with zero attached hydrogens (tertiary/aromatic N) is 2. The van der Waals surface area contributed by atoms with Gasteiger partial charge in [0, 0.05) is 37.8 Å². The van der Waals surface area contributed by atoms with Gasteiger partial charge in [0.25, 0.3) is 0 Å². The quantitative estimate of drug-likeness (QED) is 0.825. The second kappa shape index (κ2) is 6.73. The van der Waals surface area contributed by atoms with Crippen molar-refractivity contribution in [2.24, 2.45) is 0 Å². The average Bonchev–Trinajstić information content (AvgIpc) is 2.46. The Kier molecular flexibility index (Phi) is 5.22. The van der Waals surface area contributed by atoms with Crippen molar-refractivity contribution >= 4 is 0 Å². The maximum atomic E-state index is 2.66. The lowest BCUT2D eigenvalue weighted by Crippen LogP contribution is -2.54. The van der Waals surface area contributed by atoms with Crippen LogP contribution in [0.15, 0.2) is 24.3 Å². The van der Waals surface area contributed by atoms with E-state index in [9.17, 15) is 0 Å². The average molecular weight is 274 g/mol. The summed E-state index contributed by atoms with van der Waals surface area (Å²) in [5.41, 5.74) is 2.91. The van der Waals surface area contributed by atoms with Crippen LogP contribution >= 0.6 is 0 Å². The second-order valence-electron chi connectivity index (χ2n) is 6.45. The van der Waals surface area contributed by atoms with E-state index in [2.05, 4.69) is 68.7 Å². The summed E-state index contributed by atoms with van der Waals surface area (Å²) in [7, 11) is 0. The maximum Gasteiger partial charge on any atom is 0.0323 e. The number of benzene rings is 1. The Labute approximate surface area is 124 Å². The molecule has 0 bridgehead atoms. The number of hydrogen-bond acceptors (Lipinski definition) is 2. The van der Waals surface area contributed by atoms with Crippen molar-refractivity contribution in [1.82, 2.24) is 9.80 Å². The number of hydrogen-bond donors (Lipinski definition) is 0. The van der Waals surface area contributed by atoms with Gasteiger partial charge in [-0.1, -0.05) is 31.2 Å². The van der Waals surface area contributed by atoms with Crippen LogP contribution in [0.1, 0.15) is 51.8 Å². The van der Waals surface area contributed by atoms with Crippen LogP contribution < -0.4 is 0 Å². The van der Waals surface area contributed by atoms with Gasteiger partial charge in [0.2, 0.25) is 0 Å². The van der Waals surface area contributed by atoms with Crippen molar-refractivity contribution in [2.75, 3.05) is 19.6 Å². The van der Waals surface area contributed by atoms with Crippen molar-refractivity contribution in [1.29, 1.82) is 0 Å². The molecule has 1 saturated heterocycles. The second-order valence-corrected chi connectivity index (χ2v) is 6.45. The van der Waals surface area contributed by atoms with E-state index in [-0.39, 0.29) is 0 Å². The molecule has 1 aromatic carbocycles. The summed E-state index contributed by atoms with van der Waals surface area (Å²) in [5.74, 6) is 0. The largest absolute Gasteiger partial charge is 0.298 e. The Morgan fingerprint density at radius 1 is 1.20 bits per heavy atom. The fourth-order valence-corrected chi connectivity index (χ4v) is 3.31. The first-order chi connectivity index (χ1) is 9.52. The Bertz CT molecular complexity index is 427. The summed E-state index contributed by atoms with van der Waals surface area (Å²) in [6.45, 7) is 15.1. The zero-order valence-electron chi connectivity index (χ0n) is 13.8. The molecule has 1 heterocycles. The van der Waals surface area contributed by atoms with E-state index in [1.54, 1.807) is 0 Å². The van der Waals surface area contributed by atoms with Gasteiger partial charge in [-0.3, -0.25) is 9.80 Å². The highest BCUT2D eigenvalue weighted by molar-refractivity contribution is 5.26. The van der Waals surface area contributed by atoms with Crippen molar-refractivity contribution < 1.29 is 0 Å². The molecular formula is C18H30N2. The lowest BCUT2D eigenvalue weighted by atomic mass is 10.00. The van der Waals surface area contributed by atoms with E-state index in [4.69, 9.17) is 0 Å². The van der Waals surface area contributed by atoms with Crippen LogP contribution in [0.25, 0.3) is 0 Å². The molecule has 0 unspecified atom stereocenters. The van der Waals surface area contributed by atoms with Gasteiger partial charge in [0.1, 0.15) is 0 Å². The van der Waals surface area contributed by atoms with Crippen LogP contribution in [-0.4, -0.2) is 41.5 Å². The highest BCUT2D eigenvalue weighted by atomic mass is 15.3. The first-order valence-corrected chi connectivity index (χ1v) is 8.11. The Morgan fingerprint density at radius 2 is 1.95 bits per heavy atom. The Balaban J connectivity index is 2.07. The van der Waals surface area contributed by atoms with Gasteiger partial charge in [-0.25, -0.2) is 0 Å². The van der Waals surface area contributed by atoms with Crippen LogP contribution in [0.3, 0.4) is 0 Å². The summed E-state index contributed by atoms with van der Waals surface area (Å²) >= 11 is 0. The minimum absolute atomic E-state index is 0.519. The Hall–Kier alpha value is -0.860. The van der Waals surface area contributed by atoms with Crippen LogP contribution in [0.2, 0.25) is 0 Å². The lowest BCUT2D eigenvalue weighted by Gasteiger charge is -2.44. The topological polar surface area (TPSA) is 6.48 Å². The predicted octanol–water partition coefficient (Wildman–Crippen LogP) is 3.72. The molecule has 1 fully saturated rings. The molecule has 0 amide bonds. The molecule has 112 valence electrons. The predicted molar refractivity (Wildman–Crippen MR) is 87.1 cm³/mol. The van der Waals surface area contributed by atoms with Gasteiger partial charge in [-0.15, -0.1) is 0 Å². The highest BCUT2D eigenvalue weighted by Gasteiger charge is 2.28. The monoisotopic (exact) mass is 274 g/mol. The minimum Gasteiger partial charge on any atom is -0.298 e. The van der Waals surface area contributed by atoms with Crippen LogP contribution in [0, 0.1) is 0 Å². The van der Waals surface area contributed by atoms with Gasteiger partial charge >= 0.3 is 0 Å². The van der Waals surface area contributed by atoms with Gasteiger partial charge in [0.05, 0.1) is 0 Å². The van der Waals surface area contributed by atoms with E-state index >= 15 is 0 Å². The normalized spacial score (nSPS) is 23.2. The molecule has 2 nitrogen and oxygen atoms in total. The third-order valence-electron chi connectivity index (χ3n) is 4.78. The van der Waals surface area contributed by atoms with Crippen LogP contribution in [0.5, 0.6) is 0 Å². The smallest absolute Gasteiger partial charge is 0.0323 e. The molecule has 0 aliphatic carbocycles. The lowest BCUT2D eigenvalue weighted by molar-refractivity contribution is 0.0393. The molecule has 2 heteroatoms. The van der Waals surface area contributed by atoms with Crippen LogP contribution in [0.4, 0.5) is 0 Å². The molecule has 0 radical (unpaired) electrons. The molecule has 2 atom stereocenters. The highest BCUT2D eigenvalue weighted by Crippen LogP contribution is 2.26. The zero-order valence-corrected chi connectivity index (χ0v) is 13.8. The molecule has 2 rings (SSSR count). The molecule has 20 heavy (non-hydrogen) atoms. The molecule has 0 N–H and O–H groups in total. The summed E-state index contributed by atoms with van der Waals surface area (Å²) in [5, 5.41) is 0. The zero-order chi connectivity index (χ0) is 14.7. The molecular weight excluding hydrogens is 244 g/mol. The molecule has 1 aromatic rings. The third kappa shape index (κ3) is 3.42. The summed E-state index contributed by atoms with van der Waals surface area (Å²) in [6, 6.07) is 10.9.